The van der Waals surface area contributed by atoms with Crippen LogP contribution in [0.25, 0.3) is 0 Å². The molecule has 18 heavy (non-hydrogen) atoms. The summed E-state index contributed by atoms with van der Waals surface area (Å²) in [6.07, 6.45) is 0. The number of aliphatic hydroxyl groups excluding tert-OH is 1. The molecule has 0 saturated heterocycles. The van der Waals surface area contributed by atoms with Crippen molar-refractivity contribution in [2.45, 2.75) is 19.9 Å². The molecule has 0 saturated carbocycles. The molecule has 0 aromatic heterocycles. The second-order valence-corrected chi connectivity index (χ2v) is 5.14. The maximum atomic E-state index is 11.6. The van der Waals surface area contributed by atoms with E-state index in [0.29, 0.717) is 5.69 Å². The lowest BCUT2D eigenvalue weighted by molar-refractivity contribution is -0.136. The molecule has 3 N–H and O–H groups in total. The quantitative estimate of drug-likeness (QED) is 0.555. The number of aliphatic hydroxyl groups is 1. The summed E-state index contributed by atoms with van der Waals surface area (Å²) in [5, 5.41) is 13.6. The van der Waals surface area contributed by atoms with Crippen LogP contribution in [0.5, 0.6) is 0 Å². The van der Waals surface area contributed by atoms with E-state index in [0.717, 1.165) is 9.13 Å². The van der Waals surface area contributed by atoms with E-state index < -0.39 is 17.9 Å². The molecule has 5 nitrogen and oxygen atoms in total. The van der Waals surface area contributed by atoms with Crippen LogP contribution in [0.4, 0.5) is 5.69 Å². The molecule has 0 bridgehead atoms. The zero-order valence-corrected chi connectivity index (χ0v) is 12.3. The number of halogens is 1. The van der Waals surface area contributed by atoms with Gasteiger partial charge in [0.15, 0.2) is 0 Å². The number of hydrogen-bond donors (Lipinski definition) is 3. The molecule has 0 spiro atoms. The van der Waals surface area contributed by atoms with Gasteiger partial charge in [-0.25, -0.2) is 0 Å². The Morgan fingerprint density at radius 3 is 2.61 bits per heavy atom. The maximum Gasteiger partial charge on any atom is 0.313 e. The SMILES string of the molecule is Cc1ccc(NC(=O)C(=O)N[C@@H](C)CO)cc1I. The molecule has 1 aromatic rings. The number of benzene rings is 1. The first-order chi connectivity index (χ1) is 8.43. The molecule has 2 amide bonds. The summed E-state index contributed by atoms with van der Waals surface area (Å²) >= 11 is 2.16. The van der Waals surface area contributed by atoms with Crippen LogP contribution in [-0.4, -0.2) is 29.6 Å². The molecule has 0 unspecified atom stereocenters. The Labute approximate surface area is 119 Å². The van der Waals surface area contributed by atoms with Crippen molar-refractivity contribution in [2.24, 2.45) is 0 Å². The van der Waals surface area contributed by atoms with E-state index >= 15 is 0 Å². The van der Waals surface area contributed by atoms with E-state index in [1.165, 1.54) is 0 Å². The van der Waals surface area contributed by atoms with Gasteiger partial charge in [-0.2, -0.15) is 0 Å². The van der Waals surface area contributed by atoms with Crippen LogP contribution in [-0.2, 0) is 9.59 Å². The summed E-state index contributed by atoms with van der Waals surface area (Å²) in [6.45, 7) is 3.37. The van der Waals surface area contributed by atoms with Gasteiger partial charge in [-0.15, -0.1) is 0 Å². The predicted octanol–water partition coefficient (Wildman–Crippen LogP) is 1.04. The van der Waals surface area contributed by atoms with Gasteiger partial charge >= 0.3 is 11.8 Å². The Hall–Kier alpha value is -1.15. The number of anilines is 1. The summed E-state index contributed by atoms with van der Waals surface area (Å²) in [5.74, 6) is -1.50. The van der Waals surface area contributed by atoms with Crippen molar-refractivity contribution >= 4 is 40.1 Å². The topological polar surface area (TPSA) is 78.4 Å². The average Bonchev–Trinajstić information content (AvgIpc) is 2.33. The number of nitrogens with one attached hydrogen (secondary N) is 2. The maximum absolute atomic E-state index is 11.6. The lowest BCUT2D eigenvalue weighted by atomic mass is 10.2. The van der Waals surface area contributed by atoms with Crippen molar-refractivity contribution in [3.63, 3.8) is 0 Å². The number of carbonyl (C=O) groups excluding carboxylic acids is 2. The van der Waals surface area contributed by atoms with Crippen LogP contribution in [0.15, 0.2) is 18.2 Å². The molecule has 1 rings (SSSR count). The van der Waals surface area contributed by atoms with E-state index in [1.807, 2.05) is 13.0 Å². The molecule has 0 aliphatic rings. The minimum Gasteiger partial charge on any atom is -0.394 e. The first kappa shape index (κ1) is 14.9. The van der Waals surface area contributed by atoms with Crippen LogP contribution in [0, 0.1) is 10.5 Å². The second kappa shape index (κ2) is 6.69. The predicted molar refractivity (Wildman–Crippen MR) is 77.2 cm³/mol. The van der Waals surface area contributed by atoms with Gasteiger partial charge < -0.3 is 15.7 Å². The Morgan fingerprint density at radius 2 is 2.06 bits per heavy atom. The average molecular weight is 362 g/mol. The molecule has 1 aromatic carbocycles. The molecule has 98 valence electrons. The lowest BCUT2D eigenvalue weighted by Crippen LogP contribution is -2.42. The number of rotatable bonds is 3. The van der Waals surface area contributed by atoms with Crippen molar-refractivity contribution in [1.82, 2.24) is 5.32 Å². The van der Waals surface area contributed by atoms with Crippen molar-refractivity contribution < 1.29 is 14.7 Å². The highest BCUT2D eigenvalue weighted by Crippen LogP contribution is 2.16. The fourth-order valence-corrected chi connectivity index (χ4v) is 1.71. The highest BCUT2D eigenvalue weighted by molar-refractivity contribution is 14.1. The molecule has 6 heteroatoms. The fraction of sp³-hybridized carbons (Fsp3) is 0.333. The molecule has 0 aliphatic heterocycles. The Balaban J connectivity index is 2.64. The third kappa shape index (κ3) is 4.26. The highest BCUT2D eigenvalue weighted by Gasteiger charge is 2.15. The van der Waals surface area contributed by atoms with E-state index in [1.54, 1.807) is 19.1 Å². The monoisotopic (exact) mass is 362 g/mol. The Bertz CT molecular complexity index is 463. The van der Waals surface area contributed by atoms with Crippen LogP contribution in [0.2, 0.25) is 0 Å². The van der Waals surface area contributed by atoms with Crippen molar-refractivity contribution in [1.29, 1.82) is 0 Å². The molecule has 0 fully saturated rings. The van der Waals surface area contributed by atoms with Crippen molar-refractivity contribution in [3.05, 3.63) is 27.3 Å². The zero-order valence-electron chi connectivity index (χ0n) is 10.2. The summed E-state index contributed by atoms with van der Waals surface area (Å²) in [4.78, 5) is 23.0. The van der Waals surface area contributed by atoms with Crippen LogP contribution in [0.1, 0.15) is 12.5 Å². The Morgan fingerprint density at radius 1 is 1.39 bits per heavy atom. The minimum atomic E-state index is -0.757. The van der Waals surface area contributed by atoms with Gasteiger partial charge in [-0.1, -0.05) is 6.07 Å². The summed E-state index contributed by atoms with van der Waals surface area (Å²) < 4.78 is 1.01. The number of carbonyl (C=O) groups is 2. The van der Waals surface area contributed by atoms with Gasteiger partial charge in [0.2, 0.25) is 0 Å². The standard InChI is InChI=1S/C12H15IN2O3/c1-7-3-4-9(5-10(7)13)15-12(18)11(17)14-8(2)6-16/h3-5,8,16H,6H2,1-2H3,(H,14,17)(H,15,18)/t8-/m0/s1. The van der Waals surface area contributed by atoms with Gasteiger partial charge in [-0.3, -0.25) is 9.59 Å². The third-order valence-electron chi connectivity index (χ3n) is 2.29. The largest absolute Gasteiger partial charge is 0.394 e. The molecular formula is C12H15IN2O3. The van der Waals surface area contributed by atoms with Crippen LogP contribution >= 0.6 is 22.6 Å². The van der Waals surface area contributed by atoms with E-state index in [-0.39, 0.29) is 6.61 Å². The van der Waals surface area contributed by atoms with Gasteiger partial charge in [0.1, 0.15) is 0 Å². The highest BCUT2D eigenvalue weighted by atomic mass is 127. The Kier molecular flexibility index (Phi) is 5.54. The molecule has 1 atom stereocenters. The first-order valence-corrected chi connectivity index (χ1v) is 6.50. The molecule has 0 radical (unpaired) electrons. The zero-order chi connectivity index (χ0) is 13.7. The van der Waals surface area contributed by atoms with Crippen molar-refractivity contribution in [2.75, 3.05) is 11.9 Å². The smallest absolute Gasteiger partial charge is 0.313 e. The van der Waals surface area contributed by atoms with Gasteiger partial charge in [0, 0.05) is 15.3 Å². The van der Waals surface area contributed by atoms with Gasteiger partial charge in [0.05, 0.1) is 6.61 Å². The van der Waals surface area contributed by atoms with Crippen LogP contribution < -0.4 is 10.6 Å². The summed E-state index contributed by atoms with van der Waals surface area (Å²) in [6, 6.07) is 4.95. The fourth-order valence-electron chi connectivity index (χ4n) is 1.19. The number of hydrogen-bond acceptors (Lipinski definition) is 3. The van der Waals surface area contributed by atoms with Gasteiger partial charge in [0.25, 0.3) is 0 Å². The number of amides is 2. The summed E-state index contributed by atoms with van der Waals surface area (Å²) in [5.41, 5.74) is 1.67. The second-order valence-electron chi connectivity index (χ2n) is 3.98. The molecule has 0 aliphatic carbocycles. The number of aryl methyl sites for hydroxylation is 1. The van der Waals surface area contributed by atoms with Crippen molar-refractivity contribution in [3.8, 4) is 0 Å². The van der Waals surface area contributed by atoms with Crippen LogP contribution in [0.3, 0.4) is 0 Å². The summed E-state index contributed by atoms with van der Waals surface area (Å²) in [7, 11) is 0. The van der Waals surface area contributed by atoms with E-state index in [4.69, 9.17) is 5.11 Å². The van der Waals surface area contributed by atoms with E-state index in [2.05, 4.69) is 33.2 Å². The first-order valence-electron chi connectivity index (χ1n) is 5.43. The van der Waals surface area contributed by atoms with E-state index in [9.17, 15) is 9.59 Å². The molecule has 0 heterocycles. The molecular weight excluding hydrogens is 347 g/mol. The minimum absolute atomic E-state index is 0.207. The van der Waals surface area contributed by atoms with Gasteiger partial charge in [-0.05, 0) is 54.1 Å². The lowest BCUT2D eigenvalue weighted by Gasteiger charge is -2.11. The normalized spacial score (nSPS) is 11.8. The third-order valence-corrected chi connectivity index (χ3v) is 3.45.